The standard InChI is InChI=1S/C21H25N3OS/c1-3-4-14-5-7-18-16(10-14)17-11-15(6-8-19(17)24(18)22)21(25)23-20-9-13(2)12-26-20/h6,8-9,11-12,14H,3-5,7,10,22H2,1-2H3,(H,23,25). The number of aryl methyl sites for hydroxylation is 1. The molecule has 1 aliphatic rings. The number of nitrogen functional groups attached to an aromatic ring is 1. The first-order chi connectivity index (χ1) is 12.6. The van der Waals surface area contributed by atoms with Crippen LogP contribution in [-0.4, -0.2) is 10.6 Å². The number of hydrogen-bond donors (Lipinski definition) is 2. The van der Waals surface area contributed by atoms with Crippen molar-refractivity contribution in [1.29, 1.82) is 0 Å². The molecule has 1 unspecified atom stereocenters. The Balaban J connectivity index is 1.68. The van der Waals surface area contributed by atoms with E-state index in [1.807, 2.05) is 41.2 Å². The first-order valence-corrected chi connectivity index (χ1v) is 10.2. The lowest BCUT2D eigenvalue weighted by atomic mass is 9.84. The Morgan fingerprint density at radius 3 is 2.96 bits per heavy atom. The summed E-state index contributed by atoms with van der Waals surface area (Å²) in [6.45, 7) is 4.28. The van der Waals surface area contributed by atoms with Crippen molar-refractivity contribution in [3.05, 3.63) is 52.0 Å². The number of fused-ring (bicyclic) bond motifs is 3. The van der Waals surface area contributed by atoms with Crippen molar-refractivity contribution in [2.45, 2.75) is 46.0 Å². The van der Waals surface area contributed by atoms with Gasteiger partial charge in [-0.2, -0.15) is 0 Å². The number of thiophene rings is 1. The number of aromatic nitrogens is 1. The molecule has 3 N–H and O–H groups in total. The van der Waals surface area contributed by atoms with E-state index in [0.717, 1.165) is 40.2 Å². The van der Waals surface area contributed by atoms with E-state index in [1.165, 1.54) is 30.5 Å². The van der Waals surface area contributed by atoms with Gasteiger partial charge in [-0.3, -0.25) is 9.47 Å². The molecule has 1 aliphatic carbocycles. The topological polar surface area (TPSA) is 60.0 Å². The number of rotatable bonds is 4. The van der Waals surface area contributed by atoms with Crippen LogP contribution in [0.1, 0.15) is 53.4 Å². The summed E-state index contributed by atoms with van der Waals surface area (Å²) in [6.07, 6.45) is 5.78. The predicted molar refractivity (Wildman–Crippen MR) is 110 cm³/mol. The molecule has 3 aromatic rings. The summed E-state index contributed by atoms with van der Waals surface area (Å²) in [5.74, 6) is 7.01. The number of carbonyl (C=O) groups is 1. The molecule has 136 valence electrons. The van der Waals surface area contributed by atoms with Crippen LogP contribution in [0, 0.1) is 12.8 Å². The molecule has 1 atom stereocenters. The van der Waals surface area contributed by atoms with Crippen molar-refractivity contribution in [3.63, 3.8) is 0 Å². The minimum atomic E-state index is -0.0619. The van der Waals surface area contributed by atoms with Crippen LogP contribution in [0.3, 0.4) is 0 Å². The van der Waals surface area contributed by atoms with Crippen molar-refractivity contribution in [1.82, 2.24) is 4.68 Å². The number of hydrogen-bond acceptors (Lipinski definition) is 3. The molecular formula is C21H25N3OS. The Kier molecular flexibility index (Phi) is 4.49. The molecule has 2 aromatic heterocycles. The molecule has 0 bridgehead atoms. The lowest BCUT2D eigenvalue weighted by molar-refractivity contribution is 0.102. The van der Waals surface area contributed by atoms with Gasteiger partial charge in [0.15, 0.2) is 0 Å². The molecule has 0 fully saturated rings. The fourth-order valence-electron chi connectivity index (χ4n) is 4.14. The van der Waals surface area contributed by atoms with Gasteiger partial charge in [0.05, 0.1) is 10.5 Å². The monoisotopic (exact) mass is 367 g/mol. The van der Waals surface area contributed by atoms with Gasteiger partial charge in [0.25, 0.3) is 5.91 Å². The van der Waals surface area contributed by atoms with Crippen LogP contribution < -0.4 is 11.2 Å². The number of nitrogens with two attached hydrogens (primary N) is 1. The Labute approximate surface area is 158 Å². The number of amides is 1. The lowest BCUT2D eigenvalue weighted by Gasteiger charge is -2.22. The zero-order valence-electron chi connectivity index (χ0n) is 15.3. The highest BCUT2D eigenvalue weighted by atomic mass is 32.1. The maximum absolute atomic E-state index is 12.7. The van der Waals surface area contributed by atoms with Crippen molar-refractivity contribution >= 4 is 33.1 Å². The third kappa shape index (κ3) is 3.01. The van der Waals surface area contributed by atoms with E-state index < -0.39 is 0 Å². The van der Waals surface area contributed by atoms with Crippen LogP contribution >= 0.6 is 11.3 Å². The largest absolute Gasteiger partial charge is 0.339 e. The predicted octanol–water partition coefficient (Wildman–Crippen LogP) is 4.88. The maximum atomic E-state index is 12.7. The maximum Gasteiger partial charge on any atom is 0.256 e. The van der Waals surface area contributed by atoms with Gasteiger partial charge >= 0.3 is 0 Å². The van der Waals surface area contributed by atoms with Gasteiger partial charge in [-0.25, -0.2) is 0 Å². The minimum Gasteiger partial charge on any atom is -0.339 e. The van der Waals surface area contributed by atoms with E-state index in [9.17, 15) is 4.79 Å². The van der Waals surface area contributed by atoms with Crippen molar-refractivity contribution in [2.75, 3.05) is 11.2 Å². The van der Waals surface area contributed by atoms with Gasteiger partial charge in [0, 0.05) is 16.6 Å². The Hall–Kier alpha value is -2.27. The summed E-state index contributed by atoms with van der Waals surface area (Å²) >= 11 is 1.55. The molecule has 0 radical (unpaired) electrons. The number of carbonyl (C=O) groups excluding carboxylic acids is 1. The molecule has 0 saturated carbocycles. The average Bonchev–Trinajstić information content (AvgIpc) is 3.16. The number of nitrogens with one attached hydrogen (secondary N) is 1. The summed E-state index contributed by atoms with van der Waals surface area (Å²) in [7, 11) is 0. The summed E-state index contributed by atoms with van der Waals surface area (Å²) < 4.78 is 1.83. The highest BCUT2D eigenvalue weighted by Crippen LogP contribution is 2.35. The molecule has 0 saturated heterocycles. The SMILES string of the molecule is CCCC1CCc2c(c3cc(C(=O)Nc4cc(C)cs4)ccc3n2N)C1. The number of benzene rings is 1. The second kappa shape index (κ2) is 6.80. The highest BCUT2D eigenvalue weighted by Gasteiger charge is 2.25. The molecule has 0 spiro atoms. The van der Waals surface area contributed by atoms with Crippen LogP contribution in [0.25, 0.3) is 10.9 Å². The van der Waals surface area contributed by atoms with Crippen molar-refractivity contribution in [3.8, 4) is 0 Å². The van der Waals surface area contributed by atoms with E-state index in [1.54, 1.807) is 11.3 Å². The zero-order chi connectivity index (χ0) is 18.3. The van der Waals surface area contributed by atoms with Crippen LogP contribution in [0.5, 0.6) is 0 Å². The van der Waals surface area contributed by atoms with E-state index in [2.05, 4.69) is 12.2 Å². The van der Waals surface area contributed by atoms with Gasteiger partial charge in [-0.1, -0.05) is 19.8 Å². The molecule has 5 heteroatoms. The van der Waals surface area contributed by atoms with Gasteiger partial charge in [-0.05, 0) is 72.9 Å². The summed E-state index contributed by atoms with van der Waals surface area (Å²) in [5.41, 5.74) is 5.45. The van der Waals surface area contributed by atoms with Gasteiger partial charge in [-0.15, -0.1) is 11.3 Å². The van der Waals surface area contributed by atoms with Crippen LogP contribution in [-0.2, 0) is 12.8 Å². The van der Waals surface area contributed by atoms with Gasteiger partial charge in [0.1, 0.15) is 0 Å². The molecule has 4 rings (SSSR count). The van der Waals surface area contributed by atoms with Crippen LogP contribution in [0.15, 0.2) is 29.6 Å². The molecule has 0 aliphatic heterocycles. The summed E-state index contributed by atoms with van der Waals surface area (Å²) in [5, 5.41) is 7.06. The average molecular weight is 368 g/mol. The molecule has 1 aromatic carbocycles. The summed E-state index contributed by atoms with van der Waals surface area (Å²) in [6, 6.07) is 7.86. The van der Waals surface area contributed by atoms with Gasteiger partial charge < -0.3 is 11.2 Å². The smallest absolute Gasteiger partial charge is 0.256 e. The van der Waals surface area contributed by atoms with E-state index >= 15 is 0 Å². The van der Waals surface area contributed by atoms with E-state index in [0.29, 0.717) is 5.56 Å². The normalized spacial score (nSPS) is 16.6. The molecule has 26 heavy (non-hydrogen) atoms. The second-order valence-corrected chi connectivity index (χ2v) is 8.28. The van der Waals surface area contributed by atoms with Crippen LogP contribution in [0.2, 0.25) is 0 Å². The third-order valence-electron chi connectivity index (χ3n) is 5.43. The lowest BCUT2D eigenvalue weighted by Crippen LogP contribution is -2.19. The Bertz CT molecular complexity index is 969. The second-order valence-electron chi connectivity index (χ2n) is 7.37. The number of nitrogens with zero attached hydrogens (tertiary/aromatic N) is 1. The molecular weight excluding hydrogens is 342 g/mol. The zero-order valence-corrected chi connectivity index (χ0v) is 16.2. The Morgan fingerprint density at radius 1 is 1.38 bits per heavy atom. The first-order valence-electron chi connectivity index (χ1n) is 9.34. The first kappa shape index (κ1) is 17.2. The summed E-state index contributed by atoms with van der Waals surface area (Å²) in [4.78, 5) is 12.7. The van der Waals surface area contributed by atoms with E-state index in [-0.39, 0.29) is 5.91 Å². The fourth-order valence-corrected chi connectivity index (χ4v) is 4.93. The third-order valence-corrected chi connectivity index (χ3v) is 6.39. The van der Waals surface area contributed by atoms with Crippen LogP contribution in [0.4, 0.5) is 5.00 Å². The minimum absolute atomic E-state index is 0.0619. The van der Waals surface area contributed by atoms with Gasteiger partial charge in [0.2, 0.25) is 0 Å². The fraction of sp³-hybridized carbons (Fsp3) is 0.381. The van der Waals surface area contributed by atoms with E-state index in [4.69, 9.17) is 5.84 Å². The van der Waals surface area contributed by atoms with Crippen molar-refractivity contribution < 1.29 is 4.79 Å². The quantitative estimate of drug-likeness (QED) is 0.646. The Morgan fingerprint density at radius 2 is 2.23 bits per heavy atom. The molecule has 1 amide bonds. The van der Waals surface area contributed by atoms with Crippen molar-refractivity contribution in [2.24, 2.45) is 5.92 Å². The molecule has 2 heterocycles. The highest BCUT2D eigenvalue weighted by molar-refractivity contribution is 7.14. The number of anilines is 1. The molecule has 4 nitrogen and oxygen atoms in total.